The third kappa shape index (κ3) is 75.6. The van der Waals surface area contributed by atoms with Gasteiger partial charge >= 0.3 is 11.9 Å². The van der Waals surface area contributed by atoms with Crippen LogP contribution in [0.2, 0.25) is 0 Å². The minimum Gasteiger partial charge on any atom is -0.481 e. The summed E-state index contributed by atoms with van der Waals surface area (Å²) in [6, 6.07) is 0. The SMILES string of the molecule is CC(=O)O.CC(=O)O.CC(=O)OC=CCC=COC(C)=O. The van der Waals surface area contributed by atoms with E-state index < -0.39 is 11.9 Å². The van der Waals surface area contributed by atoms with Crippen LogP contribution in [0.3, 0.4) is 0 Å². The van der Waals surface area contributed by atoms with Crippen LogP contribution in [0.15, 0.2) is 24.7 Å². The van der Waals surface area contributed by atoms with Gasteiger partial charge in [-0.15, -0.1) is 0 Å². The molecule has 0 amide bonds. The summed E-state index contributed by atoms with van der Waals surface area (Å²) < 4.78 is 9.02. The molecule has 8 heteroatoms. The number of aliphatic carboxylic acids is 2. The van der Waals surface area contributed by atoms with Gasteiger partial charge in [-0.2, -0.15) is 0 Å². The van der Waals surface area contributed by atoms with Gasteiger partial charge in [0, 0.05) is 27.7 Å². The minimum atomic E-state index is -0.833. The normalized spacial score (nSPS) is 8.95. The lowest BCUT2D eigenvalue weighted by atomic mass is 10.4. The number of ether oxygens (including phenoxy) is 2. The van der Waals surface area contributed by atoms with Crippen LogP contribution >= 0.6 is 0 Å². The number of esters is 2. The number of rotatable bonds is 4. The molecule has 0 saturated carbocycles. The molecule has 0 saturated heterocycles. The summed E-state index contributed by atoms with van der Waals surface area (Å²) in [4.78, 5) is 38.5. The highest BCUT2D eigenvalue weighted by Crippen LogP contribution is 1.88. The molecule has 2 N–H and O–H groups in total. The Morgan fingerprint density at radius 1 is 0.762 bits per heavy atom. The molecule has 0 aromatic heterocycles. The minimum absolute atomic E-state index is 0.361. The van der Waals surface area contributed by atoms with E-state index in [-0.39, 0.29) is 11.9 Å². The molecule has 21 heavy (non-hydrogen) atoms. The smallest absolute Gasteiger partial charge is 0.307 e. The van der Waals surface area contributed by atoms with Crippen molar-refractivity contribution in [1.82, 2.24) is 0 Å². The first-order chi connectivity index (χ1) is 9.59. The largest absolute Gasteiger partial charge is 0.481 e. The lowest BCUT2D eigenvalue weighted by Crippen LogP contribution is -1.89. The van der Waals surface area contributed by atoms with E-state index in [0.717, 1.165) is 13.8 Å². The molecule has 120 valence electrons. The van der Waals surface area contributed by atoms with Crippen LogP contribution in [0.5, 0.6) is 0 Å². The summed E-state index contributed by atoms with van der Waals surface area (Å²) in [5.74, 6) is -2.39. The van der Waals surface area contributed by atoms with Crippen LogP contribution in [-0.2, 0) is 28.7 Å². The van der Waals surface area contributed by atoms with Crippen LogP contribution in [0.1, 0.15) is 34.1 Å². The first kappa shape index (κ1) is 23.5. The molecule has 0 bridgehead atoms. The number of allylic oxidation sites excluding steroid dienone is 2. The topological polar surface area (TPSA) is 127 Å². The maximum absolute atomic E-state index is 10.3. The Hall–Kier alpha value is -2.64. The molecule has 0 aliphatic carbocycles. The third-order valence-electron chi connectivity index (χ3n) is 0.933. The van der Waals surface area contributed by atoms with Gasteiger partial charge in [-0.05, 0) is 18.6 Å². The molecule has 8 nitrogen and oxygen atoms in total. The first-order valence-electron chi connectivity index (χ1n) is 5.63. The molecule has 0 aliphatic rings. The maximum Gasteiger partial charge on any atom is 0.307 e. The monoisotopic (exact) mass is 304 g/mol. The number of carbonyl (C=O) groups excluding carboxylic acids is 2. The predicted molar refractivity (Wildman–Crippen MR) is 73.0 cm³/mol. The van der Waals surface area contributed by atoms with E-state index in [1.807, 2.05) is 0 Å². The Kier molecular flexibility index (Phi) is 19.4. The van der Waals surface area contributed by atoms with Gasteiger partial charge in [-0.1, -0.05) is 0 Å². The molecule has 0 radical (unpaired) electrons. The zero-order valence-electron chi connectivity index (χ0n) is 12.4. The van der Waals surface area contributed by atoms with Gasteiger partial charge in [-0.3, -0.25) is 19.2 Å². The highest BCUT2D eigenvalue weighted by Gasteiger charge is 1.84. The number of carbonyl (C=O) groups is 4. The van der Waals surface area contributed by atoms with Gasteiger partial charge in [0.2, 0.25) is 0 Å². The Balaban J connectivity index is -0.000000334. The Labute approximate surface area is 122 Å². The van der Waals surface area contributed by atoms with E-state index in [9.17, 15) is 9.59 Å². The van der Waals surface area contributed by atoms with E-state index in [1.54, 1.807) is 12.2 Å². The molecule has 0 aromatic carbocycles. The zero-order valence-corrected chi connectivity index (χ0v) is 12.4. The second kappa shape index (κ2) is 17.4. The van der Waals surface area contributed by atoms with Gasteiger partial charge in [0.1, 0.15) is 0 Å². The summed E-state index contributed by atoms with van der Waals surface area (Å²) >= 11 is 0. The van der Waals surface area contributed by atoms with E-state index in [2.05, 4.69) is 9.47 Å². The van der Waals surface area contributed by atoms with Crippen molar-refractivity contribution in [1.29, 1.82) is 0 Å². The zero-order chi connectivity index (χ0) is 17.3. The molecule has 0 spiro atoms. The highest BCUT2D eigenvalue weighted by molar-refractivity contribution is 5.67. The van der Waals surface area contributed by atoms with Crippen molar-refractivity contribution >= 4 is 23.9 Å². The average Bonchev–Trinajstić information content (AvgIpc) is 2.25. The van der Waals surface area contributed by atoms with Crippen molar-refractivity contribution in [3.05, 3.63) is 24.7 Å². The summed E-state index contributed by atoms with van der Waals surface area (Å²) in [5, 5.41) is 14.8. The summed E-state index contributed by atoms with van der Waals surface area (Å²) in [6.45, 7) is 4.80. The Bertz CT molecular complexity index is 338. The standard InChI is InChI=1S/C9H12O4.2C2H4O2/c1-8(10)12-6-4-3-5-7-13-9(2)11;2*1-2(3)4/h4-7H,3H2,1-2H3;2*1H3,(H,3,4). The number of carboxylic acid groups (broad SMARTS) is 2. The van der Waals surface area contributed by atoms with Crippen molar-refractivity contribution in [2.45, 2.75) is 34.1 Å². The van der Waals surface area contributed by atoms with Crippen molar-refractivity contribution in [2.75, 3.05) is 0 Å². The molecule has 0 heterocycles. The first-order valence-corrected chi connectivity index (χ1v) is 5.63. The van der Waals surface area contributed by atoms with E-state index in [4.69, 9.17) is 19.8 Å². The molecule has 0 fully saturated rings. The van der Waals surface area contributed by atoms with Crippen molar-refractivity contribution in [2.24, 2.45) is 0 Å². The molecule has 0 aliphatic heterocycles. The highest BCUT2D eigenvalue weighted by atomic mass is 16.5. The summed E-state index contributed by atoms with van der Waals surface area (Å²) in [6.07, 6.45) is 6.38. The molecular weight excluding hydrogens is 284 g/mol. The van der Waals surface area contributed by atoms with Crippen LogP contribution in [-0.4, -0.2) is 34.1 Å². The van der Waals surface area contributed by atoms with Gasteiger partial charge in [-0.25, -0.2) is 0 Å². The van der Waals surface area contributed by atoms with Gasteiger partial charge in [0.15, 0.2) is 0 Å². The van der Waals surface area contributed by atoms with Crippen molar-refractivity contribution in [3.8, 4) is 0 Å². The molecule has 0 unspecified atom stereocenters. The lowest BCUT2D eigenvalue weighted by Gasteiger charge is -1.90. The molecular formula is C13H20O8. The fourth-order valence-corrected chi connectivity index (χ4v) is 0.478. The van der Waals surface area contributed by atoms with Crippen molar-refractivity contribution < 1.29 is 38.9 Å². The van der Waals surface area contributed by atoms with E-state index in [1.165, 1.54) is 26.4 Å². The second-order valence-electron chi connectivity index (χ2n) is 3.24. The number of carboxylic acids is 2. The van der Waals surface area contributed by atoms with Crippen molar-refractivity contribution in [3.63, 3.8) is 0 Å². The Morgan fingerprint density at radius 3 is 1.19 bits per heavy atom. The third-order valence-corrected chi connectivity index (χ3v) is 0.933. The van der Waals surface area contributed by atoms with Crippen LogP contribution in [0.25, 0.3) is 0 Å². The fraction of sp³-hybridized carbons (Fsp3) is 0.385. The lowest BCUT2D eigenvalue weighted by molar-refractivity contribution is -0.136. The average molecular weight is 304 g/mol. The Morgan fingerprint density at radius 2 is 1.00 bits per heavy atom. The fourth-order valence-electron chi connectivity index (χ4n) is 0.478. The molecule has 0 aromatic rings. The van der Waals surface area contributed by atoms with E-state index >= 15 is 0 Å². The second-order valence-corrected chi connectivity index (χ2v) is 3.24. The molecule has 0 rings (SSSR count). The number of hydrogen-bond donors (Lipinski definition) is 2. The van der Waals surface area contributed by atoms with Gasteiger partial charge in [0.05, 0.1) is 12.5 Å². The van der Waals surface area contributed by atoms with Crippen LogP contribution < -0.4 is 0 Å². The summed E-state index contributed by atoms with van der Waals surface area (Å²) in [7, 11) is 0. The molecule has 0 atom stereocenters. The summed E-state index contributed by atoms with van der Waals surface area (Å²) in [5.41, 5.74) is 0. The quantitative estimate of drug-likeness (QED) is 0.593. The predicted octanol–water partition coefficient (Wildman–Crippen LogP) is 1.71. The van der Waals surface area contributed by atoms with Crippen LogP contribution in [0, 0.1) is 0 Å². The van der Waals surface area contributed by atoms with Gasteiger partial charge in [0.25, 0.3) is 11.9 Å². The van der Waals surface area contributed by atoms with Crippen LogP contribution in [0.4, 0.5) is 0 Å². The van der Waals surface area contributed by atoms with E-state index in [0.29, 0.717) is 6.42 Å². The number of hydrogen-bond acceptors (Lipinski definition) is 6. The maximum atomic E-state index is 10.3. The van der Waals surface area contributed by atoms with Gasteiger partial charge < -0.3 is 19.7 Å².